The SMILES string of the molecule is COCCc1ccccc1NC(=O)c1ccc(F)cc1C. The van der Waals surface area contributed by atoms with Gasteiger partial charge in [0.1, 0.15) is 5.82 Å². The number of carbonyl (C=O) groups is 1. The van der Waals surface area contributed by atoms with Crippen LogP contribution in [0.2, 0.25) is 0 Å². The zero-order valence-corrected chi connectivity index (χ0v) is 12.2. The van der Waals surface area contributed by atoms with Gasteiger partial charge in [0.25, 0.3) is 5.91 Å². The first-order valence-corrected chi connectivity index (χ1v) is 6.76. The molecule has 3 nitrogen and oxygen atoms in total. The van der Waals surface area contributed by atoms with Gasteiger partial charge in [0.15, 0.2) is 0 Å². The Morgan fingerprint density at radius 3 is 2.71 bits per heavy atom. The molecular weight excluding hydrogens is 269 g/mol. The van der Waals surface area contributed by atoms with Crippen LogP contribution in [-0.4, -0.2) is 19.6 Å². The molecule has 0 aliphatic heterocycles. The molecule has 4 heteroatoms. The second-order valence-electron chi connectivity index (χ2n) is 4.81. The molecule has 1 N–H and O–H groups in total. The van der Waals surface area contributed by atoms with Gasteiger partial charge >= 0.3 is 0 Å². The number of aryl methyl sites for hydroxylation is 1. The third-order valence-electron chi connectivity index (χ3n) is 3.27. The molecule has 0 saturated carbocycles. The first-order valence-electron chi connectivity index (χ1n) is 6.76. The molecule has 0 aromatic heterocycles. The molecule has 0 saturated heterocycles. The Morgan fingerprint density at radius 2 is 2.00 bits per heavy atom. The van der Waals surface area contributed by atoms with Crippen LogP contribution in [0.5, 0.6) is 0 Å². The molecule has 0 fully saturated rings. The van der Waals surface area contributed by atoms with E-state index >= 15 is 0 Å². The van der Waals surface area contributed by atoms with E-state index in [0.717, 1.165) is 17.7 Å². The number of rotatable bonds is 5. The summed E-state index contributed by atoms with van der Waals surface area (Å²) in [4.78, 5) is 12.3. The van der Waals surface area contributed by atoms with Gasteiger partial charge in [0.2, 0.25) is 0 Å². The number of ether oxygens (including phenoxy) is 1. The van der Waals surface area contributed by atoms with Crippen LogP contribution in [0.1, 0.15) is 21.5 Å². The summed E-state index contributed by atoms with van der Waals surface area (Å²) in [7, 11) is 1.64. The summed E-state index contributed by atoms with van der Waals surface area (Å²) in [6.07, 6.45) is 0.718. The lowest BCUT2D eigenvalue weighted by Gasteiger charge is -2.12. The maximum atomic E-state index is 13.1. The van der Waals surface area contributed by atoms with Crippen molar-refractivity contribution in [2.45, 2.75) is 13.3 Å². The number of benzene rings is 2. The van der Waals surface area contributed by atoms with Crippen molar-refractivity contribution < 1.29 is 13.9 Å². The van der Waals surface area contributed by atoms with Crippen LogP contribution in [0, 0.1) is 12.7 Å². The fourth-order valence-electron chi connectivity index (χ4n) is 2.14. The number of hydrogen-bond acceptors (Lipinski definition) is 2. The number of hydrogen-bond donors (Lipinski definition) is 1. The Balaban J connectivity index is 2.19. The van der Waals surface area contributed by atoms with Crippen LogP contribution in [0.4, 0.5) is 10.1 Å². The predicted octanol–water partition coefficient (Wildman–Crippen LogP) is 3.58. The van der Waals surface area contributed by atoms with Crippen LogP contribution in [0.25, 0.3) is 0 Å². The Hall–Kier alpha value is -2.20. The summed E-state index contributed by atoms with van der Waals surface area (Å²) >= 11 is 0. The van der Waals surface area contributed by atoms with Gasteiger partial charge in [-0.3, -0.25) is 4.79 Å². The molecule has 21 heavy (non-hydrogen) atoms. The minimum atomic E-state index is -0.343. The van der Waals surface area contributed by atoms with Crippen LogP contribution in [-0.2, 0) is 11.2 Å². The highest BCUT2D eigenvalue weighted by molar-refractivity contribution is 6.05. The van der Waals surface area contributed by atoms with E-state index in [1.807, 2.05) is 24.3 Å². The highest BCUT2D eigenvalue weighted by Gasteiger charge is 2.11. The second kappa shape index (κ2) is 6.99. The number of nitrogens with one attached hydrogen (secondary N) is 1. The van der Waals surface area contributed by atoms with Gasteiger partial charge < -0.3 is 10.1 Å². The molecule has 2 aromatic rings. The van der Waals surface area contributed by atoms with E-state index in [1.54, 1.807) is 14.0 Å². The van der Waals surface area contributed by atoms with Crippen molar-refractivity contribution in [1.82, 2.24) is 0 Å². The molecule has 0 atom stereocenters. The highest BCUT2D eigenvalue weighted by Crippen LogP contribution is 2.18. The van der Waals surface area contributed by atoms with Crippen molar-refractivity contribution in [2.75, 3.05) is 19.0 Å². The topological polar surface area (TPSA) is 38.3 Å². The number of methoxy groups -OCH3 is 1. The normalized spacial score (nSPS) is 10.4. The third kappa shape index (κ3) is 3.89. The van der Waals surface area contributed by atoms with Crippen molar-refractivity contribution in [3.8, 4) is 0 Å². The van der Waals surface area contributed by atoms with Crippen molar-refractivity contribution in [2.24, 2.45) is 0 Å². The van der Waals surface area contributed by atoms with E-state index in [1.165, 1.54) is 18.2 Å². The Labute approximate surface area is 123 Å². The third-order valence-corrected chi connectivity index (χ3v) is 3.27. The quantitative estimate of drug-likeness (QED) is 0.913. The van der Waals surface area contributed by atoms with Crippen LogP contribution in [0.15, 0.2) is 42.5 Å². The zero-order chi connectivity index (χ0) is 15.2. The monoisotopic (exact) mass is 287 g/mol. The fourth-order valence-corrected chi connectivity index (χ4v) is 2.14. The summed E-state index contributed by atoms with van der Waals surface area (Å²) in [5.41, 5.74) is 2.84. The fraction of sp³-hybridized carbons (Fsp3) is 0.235. The molecule has 0 heterocycles. The van der Waals surface area contributed by atoms with Gasteiger partial charge in [0.05, 0.1) is 6.61 Å². The van der Waals surface area contributed by atoms with Gasteiger partial charge in [-0.15, -0.1) is 0 Å². The average molecular weight is 287 g/mol. The maximum absolute atomic E-state index is 13.1. The second-order valence-corrected chi connectivity index (χ2v) is 4.81. The van der Waals surface area contributed by atoms with E-state index in [0.29, 0.717) is 17.7 Å². The number of carbonyl (C=O) groups excluding carboxylic acids is 1. The minimum absolute atomic E-state index is 0.239. The molecule has 0 bridgehead atoms. The van der Waals surface area contributed by atoms with Crippen molar-refractivity contribution in [1.29, 1.82) is 0 Å². The number of anilines is 1. The van der Waals surface area contributed by atoms with Crippen LogP contribution < -0.4 is 5.32 Å². The van der Waals surface area contributed by atoms with Gasteiger partial charge in [-0.2, -0.15) is 0 Å². The molecule has 0 spiro atoms. The molecule has 2 aromatic carbocycles. The van der Waals surface area contributed by atoms with Gasteiger partial charge in [-0.1, -0.05) is 18.2 Å². The first kappa shape index (κ1) is 15.2. The molecule has 0 unspecified atom stereocenters. The van der Waals surface area contributed by atoms with Gasteiger partial charge in [0, 0.05) is 18.4 Å². The summed E-state index contributed by atoms with van der Waals surface area (Å²) < 4.78 is 18.2. The molecular formula is C17H18FNO2. The van der Waals surface area contributed by atoms with Crippen molar-refractivity contribution in [3.63, 3.8) is 0 Å². The lowest BCUT2D eigenvalue weighted by atomic mass is 10.1. The van der Waals surface area contributed by atoms with E-state index in [9.17, 15) is 9.18 Å². The van der Waals surface area contributed by atoms with Crippen molar-refractivity contribution in [3.05, 3.63) is 65.0 Å². The molecule has 0 aliphatic rings. The van der Waals surface area contributed by atoms with Crippen molar-refractivity contribution >= 4 is 11.6 Å². The lowest BCUT2D eigenvalue weighted by molar-refractivity contribution is 0.102. The average Bonchev–Trinajstić information content (AvgIpc) is 2.46. The summed E-state index contributed by atoms with van der Waals surface area (Å²) in [5.74, 6) is -0.582. The summed E-state index contributed by atoms with van der Waals surface area (Å²) in [6, 6.07) is 11.7. The minimum Gasteiger partial charge on any atom is -0.384 e. The molecule has 110 valence electrons. The number of amides is 1. The molecule has 1 amide bonds. The van der Waals surface area contributed by atoms with Gasteiger partial charge in [-0.05, 0) is 48.7 Å². The Kier molecular flexibility index (Phi) is 5.06. The Bertz CT molecular complexity index is 640. The van der Waals surface area contributed by atoms with E-state index < -0.39 is 0 Å². The zero-order valence-electron chi connectivity index (χ0n) is 12.2. The van der Waals surface area contributed by atoms with E-state index in [-0.39, 0.29) is 11.7 Å². The van der Waals surface area contributed by atoms with Crippen LogP contribution >= 0.6 is 0 Å². The smallest absolute Gasteiger partial charge is 0.255 e. The maximum Gasteiger partial charge on any atom is 0.255 e. The number of halogens is 1. The summed E-state index contributed by atoms with van der Waals surface area (Å²) in [6.45, 7) is 2.30. The van der Waals surface area contributed by atoms with Crippen LogP contribution in [0.3, 0.4) is 0 Å². The van der Waals surface area contributed by atoms with Gasteiger partial charge in [-0.25, -0.2) is 4.39 Å². The largest absolute Gasteiger partial charge is 0.384 e. The highest BCUT2D eigenvalue weighted by atomic mass is 19.1. The summed E-state index contributed by atoms with van der Waals surface area (Å²) in [5, 5.41) is 2.88. The lowest BCUT2D eigenvalue weighted by Crippen LogP contribution is -2.15. The van der Waals surface area contributed by atoms with E-state index in [2.05, 4.69) is 5.32 Å². The Morgan fingerprint density at radius 1 is 1.24 bits per heavy atom. The standard InChI is InChI=1S/C17H18FNO2/c1-12-11-14(18)7-8-15(12)17(20)19-16-6-4-3-5-13(16)9-10-21-2/h3-8,11H,9-10H2,1-2H3,(H,19,20). The predicted molar refractivity (Wildman–Crippen MR) is 81.1 cm³/mol. The van der Waals surface area contributed by atoms with E-state index in [4.69, 9.17) is 4.74 Å². The molecule has 0 radical (unpaired) electrons. The number of para-hydroxylation sites is 1. The molecule has 2 rings (SSSR count). The first-order chi connectivity index (χ1) is 10.1. The molecule has 0 aliphatic carbocycles.